The third-order valence-electron chi connectivity index (χ3n) is 10.6. The molecule has 0 aliphatic heterocycles. The quantitative estimate of drug-likeness (QED) is 0.178. The number of rotatable bonds is 5. The van der Waals surface area contributed by atoms with Gasteiger partial charge in [0.1, 0.15) is 0 Å². The van der Waals surface area contributed by atoms with Crippen LogP contribution in [-0.2, 0) is 0 Å². The van der Waals surface area contributed by atoms with E-state index in [1.54, 1.807) is 0 Å². The van der Waals surface area contributed by atoms with Crippen LogP contribution < -0.4 is 0 Å². The van der Waals surface area contributed by atoms with Crippen LogP contribution in [0.25, 0.3) is 103 Å². The predicted octanol–water partition coefficient (Wildman–Crippen LogP) is 13.8. The molecule has 0 bridgehead atoms. The molecule has 0 spiro atoms. The SMILES string of the molecule is c1ccc(-c2cc(-c3ccc(-c4ccc5c(c4)c4c6ccccc6c6c7ccccc7sc6c4n5-c4ccccc4)cc3)nc(-c3ccccc3)n2)cc1. The monoisotopic (exact) mass is 705 g/mol. The van der Waals surface area contributed by atoms with Crippen LogP contribution >= 0.6 is 11.3 Å². The summed E-state index contributed by atoms with van der Waals surface area (Å²) in [5, 5.41) is 7.78. The molecule has 3 nitrogen and oxygen atoms in total. The first kappa shape index (κ1) is 30.7. The lowest BCUT2D eigenvalue weighted by atomic mass is 9.97. The van der Waals surface area contributed by atoms with Crippen molar-refractivity contribution in [2.24, 2.45) is 0 Å². The molecule has 11 rings (SSSR count). The minimum absolute atomic E-state index is 0.719. The van der Waals surface area contributed by atoms with E-state index in [1.807, 2.05) is 35.6 Å². The van der Waals surface area contributed by atoms with Crippen molar-refractivity contribution in [1.82, 2.24) is 14.5 Å². The van der Waals surface area contributed by atoms with Crippen molar-refractivity contribution >= 4 is 64.1 Å². The summed E-state index contributed by atoms with van der Waals surface area (Å²) in [6.07, 6.45) is 0. The van der Waals surface area contributed by atoms with Gasteiger partial charge in [0.25, 0.3) is 0 Å². The Labute approximate surface area is 316 Å². The average Bonchev–Trinajstić information content (AvgIpc) is 3.81. The van der Waals surface area contributed by atoms with Crippen LogP contribution in [0.3, 0.4) is 0 Å². The molecule has 0 aliphatic rings. The molecule has 0 N–H and O–H groups in total. The highest BCUT2D eigenvalue weighted by Gasteiger charge is 2.22. The molecule has 54 heavy (non-hydrogen) atoms. The second kappa shape index (κ2) is 12.4. The number of thiophene rings is 1. The van der Waals surface area contributed by atoms with Gasteiger partial charge >= 0.3 is 0 Å². The van der Waals surface area contributed by atoms with Gasteiger partial charge in [-0.15, -0.1) is 11.3 Å². The van der Waals surface area contributed by atoms with E-state index in [1.165, 1.54) is 64.0 Å². The van der Waals surface area contributed by atoms with Gasteiger partial charge in [-0.3, -0.25) is 0 Å². The summed E-state index contributed by atoms with van der Waals surface area (Å²) in [5.41, 5.74) is 10.9. The van der Waals surface area contributed by atoms with Gasteiger partial charge in [0.15, 0.2) is 5.82 Å². The highest BCUT2D eigenvalue weighted by molar-refractivity contribution is 7.27. The Hall–Kier alpha value is -6.88. The van der Waals surface area contributed by atoms with Gasteiger partial charge in [-0.25, -0.2) is 9.97 Å². The van der Waals surface area contributed by atoms with Crippen LogP contribution in [0.4, 0.5) is 0 Å². The van der Waals surface area contributed by atoms with E-state index in [-0.39, 0.29) is 0 Å². The van der Waals surface area contributed by atoms with E-state index in [9.17, 15) is 0 Å². The van der Waals surface area contributed by atoms with Gasteiger partial charge in [-0.1, -0.05) is 152 Å². The lowest BCUT2D eigenvalue weighted by Crippen LogP contribution is -1.95. The minimum atomic E-state index is 0.719. The Morgan fingerprint density at radius 1 is 0.389 bits per heavy atom. The summed E-state index contributed by atoms with van der Waals surface area (Å²) < 4.78 is 5.11. The standard InChI is InChI=1S/C50H31N3S/c1-4-14-33(15-5-1)42-31-43(52-50(51-42)35-16-6-2-7-17-35)34-26-24-32(25-27-34)36-28-29-44-41(30-36)46-38-20-10-11-21-39(38)47-40-22-12-13-23-45(40)54-49(47)48(46)53(44)37-18-8-3-9-19-37/h1-31H. The van der Waals surface area contributed by atoms with E-state index in [0.717, 1.165) is 39.5 Å². The lowest BCUT2D eigenvalue weighted by Gasteiger charge is -2.10. The fourth-order valence-corrected chi connectivity index (χ4v) is 9.36. The van der Waals surface area contributed by atoms with Crippen LogP contribution in [0.15, 0.2) is 188 Å². The van der Waals surface area contributed by atoms with Crippen molar-refractivity contribution in [2.75, 3.05) is 0 Å². The van der Waals surface area contributed by atoms with Crippen molar-refractivity contribution < 1.29 is 0 Å². The van der Waals surface area contributed by atoms with E-state index >= 15 is 0 Å². The molecular weight excluding hydrogens is 675 g/mol. The molecule has 0 fully saturated rings. The zero-order valence-corrected chi connectivity index (χ0v) is 30.0. The summed E-state index contributed by atoms with van der Waals surface area (Å²) in [7, 11) is 0. The fraction of sp³-hybridized carbons (Fsp3) is 0. The van der Waals surface area contributed by atoms with Crippen molar-refractivity contribution in [1.29, 1.82) is 0 Å². The number of para-hydroxylation sites is 1. The number of fused-ring (bicyclic) bond motifs is 10. The van der Waals surface area contributed by atoms with Crippen LogP contribution in [0, 0.1) is 0 Å². The Bertz CT molecular complexity index is 3120. The number of hydrogen-bond acceptors (Lipinski definition) is 3. The van der Waals surface area contributed by atoms with E-state index in [0.29, 0.717) is 0 Å². The molecule has 4 heteroatoms. The highest BCUT2D eigenvalue weighted by Crippen LogP contribution is 2.48. The second-order valence-electron chi connectivity index (χ2n) is 13.7. The summed E-state index contributed by atoms with van der Waals surface area (Å²) >= 11 is 1.90. The van der Waals surface area contributed by atoms with E-state index in [4.69, 9.17) is 9.97 Å². The Morgan fingerprint density at radius 3 is 1.63 bits per heavy atom. The molecule has 252 valence electrons. The van der Waals surface area contributed by atoms with Crippen molar-refractivity contribution in [3.05, 3.63) is 188 Å². The third kappa shape index (κ3) is 4.88. The summed E-state index contributed by atoms with van der Waals surface area (Å²) in [6, 6.07) is 67.0. The summed E-state index contributed by atoms with van der Waals surface area (Å²) in [6.45, 7) is 0. The number of aromatic nitrogens is 3. The maximum Gasteiger partial charge on any atom is 0.160 e. The molecule has 0 unspecified atom stereocenters. The first-order chi connectivity index (χ1) is 26.8. The number of benzene rings is 8. The van der Waals surface area contributed by atoms with Gasteiger partial charge < -0.3 is 4.57 Å². The summed E-state index contributed by atoms with van der Waals surface area (Å²) in [5.74, 6) is 0.719. The first-order valence-electron chi connectivity index (χ1n) is 18.2. The van der Waals surface area contributed by atoms with Gasteiger partial charge in [0, 0.05) is 48.6 Å². The maximum absolute atomic E-state index is 5.07. The zero-order valence-electron chi connectivity index (χ0n) is 29.1. The predicted molar refractivity (Wildman–Crippen MR) is 229 cm³/mol. The average molecular weight is 706 g/mol. The normalized spacial score (nSPS) is 11.7. The van der Waals surface area contributed by atoms with Gasteiger partial charge in [0.2, 0.25) is 0 Å². The van der Waals surface area contributed by atoms with Crippen molar-refractivity contribution in [3.63, 3.8) is 0 Å². The van der Waals surface area contributed by atoms with Gasteiger partial charge in [0.05, 0.1) is 27.1 Å². The highest BCUT2D eigenvalue weighted by atomic mass is 32.1. The molecule has 0 atom stereocenters. The van der Waals surface area contributed by atoms with E-state index in [2.05, 4.69) is 168 Å². The van der Waals surface area contributed by atoms with Gasteiger partial charge in [-0.2, -0.15) is 0 Å². The van der Waals surface area contributed by atoms with Crippen LogP contribution in [0.5, 0.6) is 0 Å². The molecular formula is C50H31N3S. The molecule has 11 aromatic rings. The van der Waals surface area contributed by atoms with Crippen molar-refractivity contribution in [3.8, 4) is 50.7 Å². The first-order valence-corrected chi connectivity index (χ1v) is 19.1. The number of hydrogen-bond donors (Lipinski definition) is 0. The second-order valence-corrected chi connectivity index (χ2v) is 14.8. The fourth-order valence-electron chi connectivity index (χ4n) is 8.10. The molecule has 8 aromatic carbocycles. The Kier molecular flexibility index (Phi) is 7.04. The third-order valence-corrected chi connectivity index (χ3v) is 11.8. The molecule has 0 radical (unpaired) electrons. The van der Waals surface area contributed by atoms with Crippen molar-refractivity contribution in [2.45, 2.75) is 0 Å². The van der Waals surface area contributed by atoms with Crippen LogP contribution in [-0.4, -0.2) is 14.5 Å². The summed E-state index contributed by atoms with van der Waals surface area (Å²) in [4.78, 5) is 10.0. The molecule has 0 saturated carbocycles. The molecule has 3 aromatic heterocycles. The number of nitrogens with zero attached hydrogens (tertiary/aromatic N) is 3. The van der Waals surface area contributed by atoms with Crippen LogP contribution in [0.2, 0.25) is 0 Å². The van der Waals surface area contributed by atoms with Gasteiger partial charge in [-0.05, 0) is 58.3 Å². The topological polar surface area (TPSA) is 30.7 Å². The zero-order chi connectivity index (χ0) is 35.6. The van der Waals surface area contributed by atoms with Crippen LogP contribution in [0.1, 0.15) is 0 Å². The lowest BCUT2D eigenvalue weighted by molar-refractivity contribution is 1.18. The Balaban J connectivity index is 1.11. The minimum Gasteiger partial charge on any atom is -0.308 e. The Morgan fingerprint density at radius 2 is 0.926 bits per heavy atom. The maximum atomic E-state index is 5.07. The molecule has 0 aliphatic carbocycles. The molecule has 0 saturated heterocycles. The smallest absolute Gasteiger partial charge is 0.160 e. The molecule has 3 heterocycles. The largest absolute Gasteiger partial charge is 0.308 e. The van der Waals surface area contributed by atoms with E-state index < -0.39 is 0 Å². The molecule has 0 amide bonds.